The number of nitrogens with zero attached hydrogens (tertiary/aromatic N) is 3. The predicted octanol–water partition coefficient (Wildman–Crippen LogP) is 2.62. The Bertz CT molecular complexity index is 552. The maximum absolute atomic E-state index is 12.2. The molecular weight excluding hydrogens is 270 g/mol. The normalized spacial score (nSPS) is 10.1. The quantitative estimate of drug-likeness (QED) is 0.482. The summed E-state index contributed by atoms with van der Waals surface area (Å²) in [6, 6.07) is 5.70. The monoisotopic (exact) mass is 281 g/mol. The molecule has 0 fully saturated rings. The first-order valence-corrected chi connectivity index (χ1v) is 5.88. The van der Waals surface area contributed by atoms with Gasteiger partial charge in [0.05, 0.1) is 16.6 Å². The summed E-state index contributed by atoms with van der Waals surface area (Å²) in [5.41, 5.74) is -0.298. The Balaban J connectivity index is 3.23. The minimum Gasteiger partial charge on any atom is -0.323 e. The van der Waals surface area contributed by atoms with Gasteiger partial charge in [-0.2, -0.15) is 5.26 Å². The van der Waals surface area contributed by atoms with Crippen molar-refractivity contribution in [1.29, 1.82) is 5.26 Å². The average molecular weight is 282 g/mol. The lowest BCUT2D eigenvalue weighted by atomic mass is 10.1. The second-order valence-corrected chi connectivity index (χ2v) is 4.46. The lowest BCUT2D eigenvalue weighted by Gasteiger charge is -2.24. The standard InChI is InChI=1S/C12H12ClN3O3/c1-8(2)15(7-6-14)12(17)9-4-3-5-10(11(9)13)16(18)19/h3-5,8H,7H2,1-2H3. The van der Waals surface area contributed by atoms with Crippen LogP contribution in [0.3, 0.4) is 0 Å². The fourth-order valence-corrected chi connectivity index (χ4v) is 1.82. The molecule has 0 aliphatic rings. The van der Waals surface area contributed by atoms with Gasteiger partial charge in [-0.15, -0.1) is 0 Å². The summed E-state index contributed by atoms with van der Waals surface area (Å²) >= 11 is 5.88. The van der Waals surface area contributed by atoms with Gasteiger partial charge in [0.25, 0.3) is 11.6 Å². The molecule has 0 aromatic heterocycles. The Kier molecular flexibility index (Phi) is 4.84. The lowest BCUT2D eigenvalue weighted by Crippen LogP contribution is -2.37. The summed E-state index contributed by atoms with van der Waals surface area (Å²) in [5.74, 6) is -0.495. The van der Waals surface area contributed by atoms with Crippen molar-refractivity contribution in [2.75, 3.05) is 6.54 Å². The Morgan fingerprint density at radius 3 is 2.68 bits per heavy atom. The van der Waals surface area contributed by atoms with Gasteiger partial charge in [0.2, 0.25) is 0 Å². The minimum atomic E-state index is -0.650. The van der Waals surface area contributed by atoms with Crippen LogP contribution in [-0.4, -0.2) is 28.3 Å². The zero-order valence-corrected chi connectivity index (χ0v) is 11.2. The molecule has 1 amide bonds. The Hall–Kier alpha value is -2.13. The van der Waals surface area contributed by atoms with E-state index in [1.807, 2.05) is 6.07 Å². The van der Waals surface area contributed by atoms with Crippen molar-refractivity contribution >= 4 is 23.2 Å². The molecule has 7 heteroatoms. The predicted molar refractivity (Wildman–Crippen MR) is 69.9 cm³/mol. The maximum Gasteiger partial charge on any atom is 0.288 e. The van der Waals surface area contributed by atoms with Crippen molar-refractivity contribution in [2.24, 2.45) is 0 Å². The van der Waals surface area contributed by atoms with Gasteiger partial charge in [-0.05, 0) is 19.9 Å². The molecule has 0 aliphatic heterocycles. The Labute approximate surface area is 115 Å². The topological polar surface area (TPSA) is 87.2 Å². The number of carbonyl (C=O) groups excluding carboxylic acids is 1. The molecule has 0 N–H and O–H groups in total. The van der Waals surface area contributed by atoms with Crippen molar-refractivity contribution in [3.05, 3.63) is 38.9 Å². The van der Waals surface area contributed by atoms with Crippen molar-refractivity contribution in [1.82, 2.24) is 4.90 Å². The molecule has 1 rings (SSSR count). The van der Waals surface area contributed by atoms with Crippen LogP contribution in [-0.2, 0) is 0 Å². The van der Waals surface area contributed by atoms with Crippen molar-refractivity contribution in [3.8, 4) is 6.07 Å². The van der Waals surface area contributed by atoms with Crippen LogP contribution in [0.4, 0.5) is 5.69 Å². The highest BCUT2D eigenvalue weighted by Gasteiger charge is 2.25. The molecule has 0 radical (unpaired) electrons. The van der Waals surface area contributed by atoms with Gasteiger partial charge >= 0.3 is 0 Å². The van der Waals surface area contributed by atoms with Crippen LogP contribution in [0.25, 0.3) is 0 Å². The summed E-state index contributed by atoms with van der Waals surface area (Å²) in [6.07, 6.45) is 0. The van der Waals surface area contributed by atoms with Crippen molar-refractivity contribution in [3.63, 3.8) is 0 Å². The van der Waals surface area contributed by atoms with Gasteiger partial charge in [0.15, 0.2) is 0 Å². The number of halogens is 1. The van der Waals surface area contributed by atoms with E-state index >= 15 is 0 Å². The number of nitriles is 1. The van der Waals surface area contributed by atoms with Gasteiger partial charge in [-0.1, -0.05) is 17.7 Å². The number of nitro benzene ring substituents is 1. The Morgan fingerprint density at radius 1 is 1.58 bits per heavy atom. The number of carbonyl (C=O) groups is 1. The summed E-state index contributed by atoms with van der Waals surface area (Å²) in [6.45, 7) is 3.40. The van der Waals surface area contributed by atoms with Crippen LogP contribution in [0.1, 0.15) is 24.2 Å². The summed E-state index contributed by atoms with van der Waals surface area (Å²) in [4.78, 5) is 23.7. The van der Waals surface area contributed by atoms with E-state index in [0.717, 1.165) is 0 Å². The van der Waals surface area contributed by atoms with Crippen LogP contribution in [0.15, 0.2) is 18.2 Å². The first-order chi connectivity index (χ1) is 8.90. The minimum absolute atomic E-state index is 0.0276. The number of amides is 1. The third kappa shape index (κ3) is 3.20. The van der Waals surface area contributed by atoms with Gasteiger partial charge in [0, 0.05) is 12.1 Å². The number of benzene rings is 1. The second kappa shape index (κ2) is 6.16. The average Bonchev–Trinajstić information content (AvgIpc) is 2.34. The second-order valence-electron chi connectivity index (χ2n) is 4.08. The molecule has 100 valence electrons. The first kappa shape index (κ1) is 14.9. The number of hydrogen-bond donors (Lipinski definition) is 0. The van der Waals surface area contributed by atoms with E-state index in [2.05, 4.69) is 0 Å². The smallest absolute Gasteiger partial charge is 0.288 e. The van der Waals surface area contributed by atoms with Crippen LogP contribution in [0.5, 0.6) is 0 Å². The van der Waals surface area contributed by atoms with Crippen LogP contribution in [0, 0.1) is 21.4 Å². The van der Waals surface area contributed by atoms with Gasteiger partial charge in [-0.25, -0.2) is 0 Å². The van der Waals surface area contributed by atoms with E-state index in [4.69, 9.17) is 16.9 Å². The van der Waals surface area contributed by atoms with Crippen LogP contribution < -0.4 is 0 Å². The molecule has 0 saturated carbocycles. The first-order valence-electron chi connectivity index (χ1n) is 5.51. The molecule has 0 heterocycles. The van der Waals surface area contributed by atoms with Gasteiger partial charge < -0.3 is 4.90 Å². The highest BCUT2D eigenvalue weighted by atomic mass is 35.5. The van der Waals surface area contributed by atoms with Gasteiger partial charge in [0.1, 0.15) is 11.6 Å². The Morgan fingerprint density at radius 2 is 2.21 bits per heavy atom. The number of hydrogen-bond acceptors (Lipinski definition) is 4. The summed E-state index contributed by atoms with van der Waals surface area (Å²) in [5, 5.41) is 19.3. The van der Waals surface area contributed by atoms with Gasteiger partial charge in [-0.3, -0.25) is 14.9 Å². The fraction of sp³-hybridized carbons (Fsp3) is 0.333. The zero-order chi connectivity index (χ0) is 14.6. The van der Waals surface area contributed by atoms with Crippen molar-refractivity contribution < 1.29 is 9.72 Å². The molecular formula is C12H12ClN3O3. The lowest BCUT2D eigenvalue weighted by molar-refractivity contribution is -0.384. The molecule has 0 saturated heterocycles. The van der Waals surface area contributed by atoms with E-state index in [-0.39, 0.29) is 28.9 Å². The highest BCUT2D eigenvalue weighted by Crippen LogP contribution is 2.28. The summed E-state index contributed by atoms with van der Waals surface area (Å²) in [7, 11) is 0. The SMILES string of the molecule is CC(C)N(CC#N)C(=O)c1cccc([N+](=O)[O-])c1Cl. The number of rotatable bonds is 4. The number of nitro groups is 1. The van der Waals surface area contributed by atoms with Crippen LogP contribution in [0.2, 0.25) is 5.02 Å². The molecule has 0 bridgehead atoms. The van der Waals surface area contributed by atoms with E-state index in [1.54, 1.807) is 13.8 Å². The molecule has 0 aliphatic carbocycles. The van der Waals surface area contributed by atoms with Crippen molar-refractivity contribution in [2.45, 2.75) is 19.9 Å². The van der Waals surface area contributed by atoms with E-state index in [0.29, 0.717) is 0 Å². The molecule has 19 heavy (non-hydrogen) atoms. The summed E-state index contributed by atoms with van der Waals surface area (Å²) < 4.78 is 0. The zero-order valence-electron chi connectivity index (χ0n) is 10.5. The largest absolute Gasteiger partial charge is 0.323 e. The third-order valence-electron chi connectivity index (χ3n) is 2.53. The molecule has 0 spiro atoms. The fourth-order valence-electron chi connectivity index (χ4n) is 1.55. The van der Waals surface area contributed by atoms with E-state index in [9.17, 15) is 14.9 Å². The highest BCUT2D eigenvalue weighted by molar-refractivity contribution is 6.35. The maximum atomic E-state index is 12.2. The molecule has 1 aromatic rings. The molecule has 6 nitrogen and oxygen atoms in total. The molecule has 0 unspecified atom stereocenters. The molecule has 1 aromatic carbocycles. The molecule has 0 atom stereocenters. The third-order valence-corrected chi connectivity index (χ3v) is 2.93. The van der Waals surface area contributed by atoms with E-state index < -0.39 is 10.8 Å². The van der Waals surface area contributed by atoms with Crippen LogP contribution >= 0.6 is 11.6 Å². The van der Waals surface area contributed by atoms with E-state index in [1.165, 1.54) is 23.1 Å².